The zero-order valence-corrected chi connectivity index (χ0v) is 11.6. The molecule has 0 radical (unpaired) electrons. The molecule has 0 saturated carbocycles. The van der Waals surface area contributed by atoms with E-state index in [4.69, 9.17) is 11.5 Å². The molecule has 1 unspecified atom stereocenters. The van der Waals surface area contributed by atoms with Gasteiger partial charge < -0.3 is 15.3 Å². The van der Waals surface area contributed by atoms with E-state index < -0.39 is 12.0 Å². The minimum Gasteiger partial charge on any atom is -0.480 e. The Kier molecular flexibility index (Phi) is 6.04. The second-order valence-electron chi connectivity index (χ2n) is 4.99. The van der Waals surface area contributed by atoms with E-state index in [1.54, 1.807) is 4.90 Å². The topological polar surface area (TPSA) is 86.7 Å². The first-order valence-corrected chi connectivity index (χ1v) is 6.68. The van der Waals surface area contributed by atoms with Crippen molar-refractivity contribution in [3.63, 3.8) is 0 Å². The number of carboxylic acids is 1. The molecule has 6 nitrogen and oxygen atoms in total. The van der Waals surface area contributed by atoms with E-state index in [1.807, 2.05) is 0 Å². The van der Waals surface area contributed by atoms with Crippen LogP contribution in [-0.4, -0.2) is 46.9 Å². The lowest BCUT2D eigenvalue weighted by molar-refractivity contribution is -0.141. The number of terminal acetylenes is 1. The number of nitrogens with zero attached hydrogens (tertiary/aromatic N) is 1. The van der Waals surface area contributed by atoms with Gasteiger partial charge in [-0.1, -0.05) is 0 Å². The molecule has 0 spiro atoms. The molecule has 1 rings (SSSR count). The van der Waals surface area contributed by atoms with Crippen LogP contribution in [0.2, 0.25) is 0 Å². The average Bonchev–Trinajstić information content (AvgIpc) is 2.73. The number of amides is 2. The van der Waals surface area contributed by atoms with Crippen molar-refractivity contribution in [3.05, 3.63) is 0 Å². The summed E-state index contributed by atoms with van der Waals surface area (Å²) in [7, 11) is 0. The molecule has 0 aromatic carbocycles. The minimum absolute atomic E-state index is 0.00588. The molecule has 0 aliphatic carbocycles. The van der Waals surface area contributed by atoms with Gasteiger partial charge in [0, 0.05) is 32.4 Å². The summed E-state index contributed by atoms with van der Waals surface area (Å²) in [5.74, 6) is 1.24. The van der Waals surface area contributed by atoms with Gasteiger partial charge in [0.1, 0.15) is 6.04 Å². The van der Waals surface area contributed by atoms with Gasteiger partial charge in [0.25, 0.3) is 0 Å². The van der Waals surface area contributed by atoms with Gasteiger partial charge in [0.05, 0.1) is 0 Å². The van der Waals surface area contributed by atoms with Crippen LogP contribution in [0.3, 0.4) is 0 Å². The third-order valence-electron chi connectivity index (χ3n) is 3.30. The number of unbranched alkanes of at least 4 members (excludes halogenated alkanes) is 1. The summed E-state index contributed by atoms with van der Waals surface area (Å²) in [4.78, 5) is 35.1. The van der Waals surface area contributed by atoms with E-state index in [9.17, 15) is 14.4 Å². The van der Waals surface area contributed by atoms with Crippen molar-refractivity contribution in [1.82, 2.24) is 10.2 Å². The van der Waals surface area contributed by atoms with Gasteiger partial charge in [0.2, 0.25) is 11.8 Å². The van der Waals surface area contributed by atoms with Crippen molar-refractivity contribution in [1.29, 1.82) is 0 Å². The highest BCUT2D eigenvalue weighted by Gasteiger charge is 2.27. The Bertz CT molecular complexity index is 427. The highest BCUT2D eigenvalue weighted by atomic mass is 16.4. The summed E-state index contributed by atoms with van der Waals surface area (Å²) in [5, 5.41) is 11.3. The Morgan fingerprint density at radius 2 is 2.25 bits per heavy atom. The van der Waals surface area contributed by atoms with Crippen LogP contribution in [0.15, 0.2) is 0 Å². The minimum atomic E-state index is -1.04. The van der Waals surface area contributed by atoms with E-state index in [0.29, 0.717) is 38.8 Å². The molecular weight excluding hydrogens is 260 g/mol. The molecule has 1 heterocycles. The third kappa shape index (κ3) is 4.92. The number of carboxylic acid groups (broad SMARTS) is 1. The van der Waals surface area contributed by atoms with Crippen molar-refractivity contribution in [2.75, 3.05) is 13.1 Å². The molecule has 2 N–H and O–H groups in total. The van der Waals surface area contributed by atoms with Crippen LogP contribution in [0.5, 0.6) is 0 Å². The maximum Gasteiger partial charge on any atom is 0.326 e. The molecule has 2 amide bonds. The zero-order chi connectivity index (χ0) is 15.1. The molecule has 20 heavy (non-hydrogen) atoms. The van der Waals surface area contributed by atoms with Crippen LogP contribution in [0, 0.1) is 18.3 Å². The fraction of sp³-hybridized carbons (Fsp3) is 0.643. The third-order valence-corrected chi connectivity index (χ3v) is 3.30. The van der Waals surface area contributed by atoms with Gasteiger partial charge in [0.15, 0.2) is 0 Å². The molecule has 0 bridgehead atoms. The summed E-state index contributed by atoms with van der Waals surface area (Å²) < 4.78 is 0. The Morgan fingerprint density at radius 1 is 1.55 bits per heavy atom. The van der Waals surface area contributed by atoms with E-state index in [2.05, 4.69) is 11.2 Å². The Balaban J connectivity index is 2.27. The van der Waals surface area contributed by atoms with Crippen molar-refractivity contribution in [2.45, 2.75) is 38.6 Å². The van der Waals surface area contributed by atoms with E-state index in [0.717, 1.165) is 0 Å². The normalized spacial score (nSPS) is 19.5. The Morgan fingerprint density at radius 3 is 2.75 bits per heavy atom. The van der Waals surface area contributed by atoms with Gasteiger partial charge in [-0.15, -0.1) is 12.3 Å². The molecule has 1 aliphatic heterocycles. The number of hydrogen-bond acceptors (Lipinski definition) is 3. The fourth-order valence-electron chi connectivity index (χ4n) is 2.25. The van der Waals surface area contributed by atoms with Crippen LogP contribution in [0.4, 0.5) is 0 Å². The molecule has 1 fully saturated rings. The Hall–Kier alpha value is -2.03. The largest absolute Gasteiger partial charge is 0.480 e. The van der Waals surface area contributed by atoms with Gasteiger partial charge in [-0.3, -0.25) is 9.59 Å². The summed E-state index contributed by atoms with van der Waals surface area (Å²) in [6.45, 7) is 2.46. The molecule has 6 heteroatoms. The molecule has 1 saturated heterocycles. The van der Waals surface area contributed by atoms with Crippen molar-refractivity contribution in [2.24, 2.45) is 5.92 Å². The van der Waals surface area contributed by atoms with Crippen LogP contribution in [0.25, 0.3) is 0 Å². The maximum atomic E-state index is 11.6. The smallest absolute Gasteiger partial charge is 0.326 e. The number of hydrogen-bond donors (Lipinski definition) is 2. The van der Waals surface area contributed by atoms with Gasteiger partial charge in [-0.2, -0.15) is 0 Å². The van der Waals surface area contributed by atoms with Crippen LogP contribution in [-0.2, 0) is 14.4 Å². The van der Waals surface area contributed by atoms with Gasteiger partial charge in [-0.25, -0.2) is 4.79 Å². The number of nitrogens with one attached hydrogen (secondary N) is 1. The summed E-state index contributed by atoms with van der Waals surface area (Å²) in [6.07, 6.45) is 7.39. The van der Waals surface area contributed by atoms with Crippen LogP contribution in [0.1, 0.15) is 32.6 Å². The van der Waals surface area contributed by atoms with Crippen molar-refractivity contribution in [3.8, 4) is 12.3 Å². The SMILES string of the molecule is C#CC1CC(=O)N(CCCC[C@H](NC(C)=O)C(=O)O)C1. The predicted molar refractivity (Wildman–Crippen MR) is 72.6 cm³/mol. The van der Waals surface area contributed by atoms with Crippen LogP contribution >= 0.6 is 0 Å². The van der Waals surface area contributed by atoms with Crippen molar-refractivity contribution >= 4 is 17.8 Å². The number of rotatable bonds is 7. The fourth-order valence-corrected chi connectivity index (χ4v) is 2.25. The zero-order valence-electron chi connectivity index (χ0n) is 11.6. The Labute approximate surface area is 118 Å². The molecule has 0 aromatic rings. The molecule has 110 valence electrons. The number of likely N-dealkylation sites (tertiary alicyclic amines) is 1. The highest BCUT2D eigenvalue weighted by molar-refractivity contribution is 5.82. The first kappa shape index (κ1) is 16.0. The molecular formula is C14H20N2O4. The maximum absolute atomic E-state index is 11.6. The first-order valence-electron chi connectivity index (χ1n) is 6.68. The standard InChI is InChI=1S/C14H20N2O4/c1-3-11-8-13(18)16(9-11)7-5-4-6-12(14(19)20)15-10(2)17/h1,11-12H,4-9H2,2H3,(H,15,17)(H,19,20)/t11?,12-/m0/s1. The van der Waals surface area contributed by atoms with Gasteiger partial charge >= 0.3 is 5.97 Å². The number of aliphatic carboxylic acids is 1. The lowest BCUT2D eigenvalue weighted by atomic mass is 10.1. The second-order valence-corrected chi connectivity index (χ2v) is 4.99. The monoisotopic (exact) mass is 280 g/mol. The first-order chi connectivity index (χ1) is 9.43. The van der Waals surface area contributed by atoms with Gasteiger partial charge in [-0.05, 0) is 19.3 Å². The summed E-state index contributed by atoms with van der Waals surface area (Å²) >= 11 is 0. The van der Waals surface area contributed by atoms with E-state index in [-0.39, 0.29) is 17.7 Å². The van der Waals surface area contributed by atoms with Crippen LogP contribution < -0.4 is 5.32 Å². The predicted octanol–water partition coefficient (Wildman–Crippen LogP) is 0.228. The van der Waals surface area contributed by atoms with E-state index >= 15 is 0 Å². The molecule has 2 atom stereocenters. The highest BCUT2D eigenvalue weighted by Crippen LogP contribution is 2.17. The second kappa shape index (κ2) is 7.53. The summed E-state index contributed by atoms with van der Waals surface area (Å²) in [6, 6.07) is -0.861. The molecule has 0 aromatic heterocycles. The van der Waals surface area contributed by atoms with E-state index in [1.165, 1.54) is 6.92 Å². The lowest BCUT2D eigenvalue weighted by Gasteiger charge is -2.17. The van der Waals surface area contributed by atoms with Crippen molar-refractivity contribution < 1.29 is 19.5 Å². The quantitative estimate of drug-likeness (QED) is 0.516. The lowest BCUT2D eigenvalue weighted by Crippen LogP contribution is -2.39. The number of carbonyl (C=O) groups excluding carboxylic acids is 2. The molecule has 1 aliphatic rings. The summed E-state index contributed by atoms with van der Waals surface area (Å²) in [5.41, 5.74) is 0. The average molecular weight is 280 g/mol. The number of carbonyl (C=O) groups is 3.